The number of aromatic nitrogens is 1. The molecule has 3 heterocycles. The number of amides is 1. The van der Waals surface area contributed by atoms with Gasteiger partial charge < -0.3 is 19.1 Å². The molecule has 1 aromatic carbocycles. The molecule has 0 saturated carbocycles. The van der Waals surface area contributed by atoms with Crippen molar-refractivity contribution in [3.05, 3.63) is 59.9 Å². The fraction of sp³-hybridized carbons (Fsp3) is 0.500. The molecule has 4 rings (SSSR count). The van der Waals surface area contributed by atoms with Crippen LogP contribution in [-0.4, -0.2) is 72.9 Å². The number of morpholine rings is 1. The maximum Gasteiger partial charge on any atom is 0.252 e. The second-order valence-corrected chi connectivity index (χ2v) is 7.97. The van der Waals surface area contributed by atoms with Crippen LogP contribution in [0.3, 0.4) is 0 Å². The Hall–Kier alpha value is -2.48. The van der Waals surface area contributed by atoms with Gasteiger partial charge in [0.05, 0.1) is 25.5 Å². The molecule has 166 valence electrons. The van der Waals surface area contributed by atoms with Crippen LogP contribution < -0.4 is 4.74 Å². The van der Waals surface area contributed by atoms with Crippen molar-refractivity contribution in [1.29, 1.82) is 0 Å². The van der Waals surface area contributed by atoms with Crippen LogP contribution in [0.4, 0.5) is 0 Å². The molecule has 31 heavy (non-hydrogen) atoms. The largest absolute Gasteiger partial charge is 0.492 e. The topological polar surface area (TPSA) is 64.1 Å². The van der Waals surface area contributed by atoms with Gasteiger partial charge in [0.15, 0.2) is 0 Å². The SMILES string of the molecule is O=C(C1CCCO1)N(Cc1cccc(OCCN2CCOCC2)c1)Cc1ccccn1. The molecular weight excluding hydrogens is 394 g/mol. The monoisotopic (exact) mass is 425 g/mol. The molecule has 2 aliphatic rings. The number of hydrogen-bond donors (Lipinski definition) is 0. The molecule has 7 heteroatoms. The summed E-state index contributed by atoms with van der Waals surface area (Å²) in [5, 5.41) is 0. The molecule has 0 aliphatic carbocycles. The number of nitrogens with zero attached hydrogens (tertiary/aromatic N) is 3. The van der Waals surface area contributed by atoms with Crippen molar-refractivity contribution in [3.8, 4) is 5.75 Å². The summed E-state index contributed by atoms with van der Waals surface area (Å²) < 4.78 is 17.0. The first-order valence-electron chi connectivity index (χ1n) is 11.1. The van der Waals surface area contributed by atoms with Crippen molar-refractivity contribution in [2.24, 2.45) is 0 Å². The summed E-state index contributed by atoms with van der Waals surface area (Å²) in [6, 6.07) is 13.8. The van der Waals surface area contributed by atoms with Gasteiger partial charge in [-0.05, 0) is 42.7 Å². The van der Waals surface area contributed by atoms with Crippen molar-refractivity contribution >= 4 is 5.91 Å². The first-order valence-corrected chi connectivity index (χ1v) is 11.1. The van der Waals surface area contributed by atoms with Gasteiger partial charge >= 0.3 is 0 Å². The van der Waals surface area contributed by atoms with Crippen LogP contribution in [0.25, 0.3) is 0 Å². The molecule has 2 fully saturated rings. The molecule has 0 spiro atoms. The van der Waals surface area contributed by atoms with E-state index in [-0.39, 0.29) is 12.0 Å². The summed E-state index contributed by atoms with van der Waals surface area (Å²) in [7, 11) is 0. The first kappa shape index (κ1) is 21.7. The van der Waals surface area contributed by atoms with Crippen LogP contribution in [0.5, 0.6) is 5.75 Å². The molecular formula is C24H31N3O4. The zero-order valence-electron chi connectivity index (χ0n) is 17.9. The highest BCUT2D eigenvalue weighted by Crippen LogP contribution is 2.20. The molecule has 0 bridgehead atoms. The summed E-state index contributed by atoms with van der Waals surface area (Å²) >= 11 is 0. The van der Waals surface area contributed by atoms with Crippen LogP contribution >= 0.6 is 0 Å². The third-order valence-electron chi connectivity index (χ3n) is 5.65. The minimum atomic E-state index is -0.350. The van der Waals surface area contributed by atoms with Crippen molar-refractivity contribution < 1.29 is 19.0 Å². The first-order chi connectivity index (χ1) is 15.3. The van der Waals surface area contributed by atoms with Gasteiger partial charge in [0.2, 0.25) is 0 Å². The summed E-state index contributed by atoms with van der Waals surface area (Å²) in [6.07, 6.45) is 3.12. The number of benzene rings is 1. The van der Waals surface area contributed by atoms with Gasteiger partial charge in [0, 0.05) is 39.0 Å². The number of carbonyl (C=O) groups is 1. The van der Waals surface area contributed by atoms with Gasteiger partial charge in [-0.15, -0.1) is 0 Å². The van der Waals surface area contributed by atoms with Crippen molar-refractivity contribution in [2.75, 3.05) is 46.1 Å². The van der Waals surface area contributed by atoms with E-state index < -0.39 is 0 Å². The van der Waals surface area contributed by atoms with Crippen molar-refractivity contribution in [3.63, 3.8) is 0 Å². The van der Waals surface area contributed by atoms with E-state index in [4.69, 9.17) is 14.2 Å². The normalized spacial score (nSPS) is 19.3. The van der Waals surface area contributed by atoms with Gasteiger partial charge in [0.25, 0.3) is 5.91 Å². The minimum absolute atomic E-state index is 0.0294. The van der Waals surface area contributed by atoms with E-state index in [1.54, 1.807) is 6.20 Å². The van der Waals surface area contributed by atoms with E-state index in [2.05, 4.69) is 9.88 Å². The van der Waals surface area contributed by atoms with Gasteiger partial charge in [-0.25, -0.2) is 0 Å². The predicted molar refractivity (Wildman–Crippen MR) is 117 cm³/mol. The van der Waals surface area contributed by atoms with Crippen LogP contribution in [-0.2, 0) is 27.4 Å². The molecule has 2 aliphatic heterocycles. The Morgan fingerprint density at radius 3 is 2.81 bits per heavy atom. The molecule has 2 saturated heterocycles. The molecule has 0 radical (unpaired) electrons. The Bertz CT molecular complexity index is 821. The molecule has 1 aromatic heterocycles. The van der Waals surface area contributed by atoms with Crippen LogP contribution in [0.15, 0.2) is 48.7 Å². The maximum atomic E-state index is 13.1. The highest BCUT2D eigenvalue weighted by atomic mass is 16.5. The zero-order valence-corrected chi connectivity index (χ0v) is 17.9. The van der Waals surface area contributed by atoms with Crippen LogP contribution in [0.1, 0.15) is 24.1 Å². The summed E-state index contributed by atoms with van der Waals surface area (Å²) in [4.78, 5) is 21.7. The summed E-state index contributed by atoms with van der Waals surface area (Å²) in [5.41, 5.74) is 1.90. The predicted octanol–water partition coefficient (Wildman–Crippen LogP) is 2.50. The molecule has 7 nitrogen and oxygen atoms in total. The standard InChI is InChI=1S/C24H31N3O4/c28-24(23-8-4-13-31-23)27(19-21-6-1-2-9-25-21)18-20-5-3-7-22(17-20)30-16-12-26-10-14-29-15-11-26/h1-3,5-7,9,17,23H,4,8,10-16,18-19H2. The lowest BCUT2D eigenvalue weighted by atomic mass is 10.1. The fourth-order valence-electron chi connectivity index (χ4n) is 3.95. The maximum absolute atomic E-state index is 13.1. The van der Waals surface area contributed by atoms with E-state index in [0.29, 0.717) is 26.3 Å². The Balaban J connectivity index is 1.38. The second-order valence-electron chi connectivity index (χ2n) is 7.97. The highest BCUT2D eigenvalue weighted by Gasteiger charge is 2.28. The number of pyridine rings is 1. The Morgan fingerprint density at radius 1 is 1.13 bits per heavy atom. The van der Waals surface area contributed by atoms with Crippen LogP contribution in [0.2, 0.25) is 0 Å². The third kappa shape index (κ3) is 6.50. The molecule has 2 aromatic rings. The lowest BCUT2D eigenvalue weighted by Gasteiger charge is -2.26. The zero-order chi connectivity index (χ0) is 21.3. The number of ether oxygens (including phenoxy) is 3. The van der Waals surface area contributed by atoms with Gasteiger partial charge in [-0.3, -0.25) is 14.7 Å². The van der Waals surface area contributed by atoms with Crippen molar-refractivity contribution in [1.82, 2.24) is 14.8 Å². The highest BCUT2D eigenvalue weighted by molar-refractivity contribution is 5.81. The quantitative estimate of drug-likeness (QED) is 0.615. The number of rotatable bonds is 9. The van der Waals surface area contributed by atoms with Crippen LogP contribution in [0, 0.1) is 0 Å². The molecule has 1 amide bonds. The van der Waals surface area contributed by atoms with E-state index in [0.717, 1.165) is 62.7 Å². The summed E-state index contributed by atoms with van der Waals surface area (Å²) in [5.74, 6) is 0.856. The summed E-state index contributed by atoms with van der Waals surface area (Å²) in [6.45, 7) is 6.62. The van der Waals surface area contributed by atoms with Gasteiger partial charge in [-0.1, -0.05) is 18.2 Å². The van der Waals surface area contributed by atoms with Gasteiger partial charge in [-0.2, -0.15) is 0 Å². The third-order valence-corrected chi connectivity index (χ3v) is 5.65. The Morgan fingerprint density at radius 2 is 2.03 bits per heavy atom. The average molecular weight is 426 g/mol. The molecule has 1 atom stereocenters. The Labute approximate surface area is 183 Å². The van der Waals surface area contributed by atoms with Crippen molar-refractivity contribution in [2.45, 2.75) is 32.0 Å². The van der Waals surface area contributed by atoms with E-state index in [9.17, 15) is 4.79 Å². The fourth-order valence-corrected chi connectivity index (χ4v) is 3.95. The number of hydrogen-bond acceptors (Lipinski definition) is 6. The number of carbonyl (C=O) groups excluding carboxylic acids is 1. The molecule has 1 unspecified atom stereocenters. The van der Waals surface area contributed by atoms with E-state index in [1.165, 1.54) is 0 Å². The van der Waals surface area contributed by atoms with Gasteiger partial charge in [0.1, 0.15) is 18.5 Å². The lowest BCUT2D eigenvalue weighted by Crippen LogP contribution is -2.38. The molecule has 0 N–H and O–H groups in total. The second kappa shape index (κ2) is 11.2. The van der Waals surface area contributed by atoms with E-state index in [1.807, 2.05) is 47.4 Å². The van der Waals surface area contributed by atoms with E-state index >= 15 is 0 Å². The smallest absolute Gasteiger partial charge is 0.252 e. The lowest BCUT2D eigenvalue weighted by molar-refractivity contribution is -0.142. The minimum Gasteiger partial charge on any atom is -0.492 e. The Kier molecular flexibility index (Phi) is 7.87. The average Bonchev–Trinajstić information content (AvgIpc) is 3.35.